The highest BCUT2D eigenvalue weighted by Gasteiger charge is 2.34. The van der Waals surface area contributed by atoms with Gasteiger partial charge in [0.15, 0.2) is 10.9 Å². The first-order valence-corrected chi connectivity index (χ1v) is 19.8. The molecule has 52 heavy (non-hydrogen) atoms. The summed E-state index contributed by atoms with van der Waals surface area (Å²) >= 11 is 0.977. The zero-order valence-corrected chi connectivity index (χ0v) is 32.0. The molecule has 2 N–H and O–H groups in total. The number of anilines is 1. The van der Waals surface area contributed by atoms with Gasteiger partial charge in [0, 0.05) is 55.4 Å². The van der Waals surface area contributed by atoms with Gasteiger partial charge in [-0.25, -0.2) is 4.79 Å². The van der Waals surface area contributed by atoms with Crippen LogP contribution in [0.2, 0.25) is 0 Å². The first-order valence-electron chi connectivity index (χ1n) is 18.8. The highest BCUT2D eigenvalue weighted by Crippen LogP contribution is 2.41. The number of thioether (sulfide) groups is 1. The van der Waals surface area contributed by atoms with Crippen molar-refractivity contribution in [1.82, 2.24) is 4.90 Å². The van der Waals surface area contributed by atoms with Crippen LogP contribution in [0.15, 0.2) is 20.9 Å². The number of hydrogen-bond donors (Lipinski definition) is 1. The molecule has 12 heteroatoms. The van der Waals surface area contributed by atoms with Crippen LogP contribution in [0.25, 0.3) is 17.0 Å². The predicted octanol–water partition coefficient (Wildman–Crippen LogP) is 6.03. The Balaban J connectivity index is 1.63. The topological polar surface area (TPSA) is 164 Å². The van der Waals surface area contributed by atoms with Crippen molar-refractivity contribution in [3.05, 3.63) is 44.3 Å². The Bertz CT molecular complexity index is 1760. The molecule has 0 fully saturated rings. The molecule has 11 nitrogen and oxygen atoms in total. The molecular weight excluding hydrogens is 681 g/mol. The molecule has 0 unspecified atom stereocenters. The summed E-state index contributed by atoms with van der Waals surface area (Å²) in [5.74, 6) is -2.51. The van der Waals surface area contributed by atoms with Gasteiger partial charge < -0.3 is 24.7 Å². The quantitative estimate of drug-likeness (QED) is 0.0589. The molecule has 4 rings (SSSR count). The molecule has 2 aliphatic heterocycles. The fourth-order valence-corrected chi connectivity index (χ4v) is 8.42. The van der Waals surface area contributed by atoms with Gasteiger partial charge in [0.2, 0.25) is 0 Å². The summed E-state index contributed by atoms with van der Waals surface area (Å²) in [5, 5.41) is 10.9. The number of aryl methyl sites for hydroxylation is 3. The van der Waals surface area contributed by atoms with Gasteiger partial charge in [-0.2, -0.15) is 5.26 Å². The number of carbonyl (C=O) groups is 4. The Morgan fingerprint density at radius 1 is 1.12 bits per heavy atom. The molecule has 1 aromatic heterocycles. The number of unbranched alkanes of at least 4 members (excludes halogenated alkanes) is 5. The van der Waals surface area contributed by atoms with Crippen LogP contribution < -0.4 is 16.3 Å². The van der Waals surface area contributed by atoms with E-state index in [4.69, 9.17) is 14.9 Å². The van der Waals surface area contributed by atoms with E-state index in [-0.39, 0.29) is 28.4 Å². The second-order valence-corrected chi connectivity index (χ2v) is 15.1. The van der Waals surface area contributed by atoms with Crippen molar-refractivity contribution < 1.29 is 28.3 Å². The Hall–Kier alpha value is -3.95. The number of hydrogen-bond acceptors (Lipinski definition) is 11. The van der Waals surface area contributed by atoms with E-state index in [1.807, 2.05) is 6.07 Å². The third-order valence-electron chi connectivity index (χ3n) is 10.4. The van der Waals surface area contributed by atoms with Gasteiger partial charge in [-0.05, 0) is 81.7 Å². The largest absolute Gasteiger partial charge is 0.469 e. The van der Waals surface area contributed by atoms with Crippen LogP contribution in [-0.2, 0) is 36.8 Å². The van der Waals surface area contributed by atoms with E-state index in [9.17, 15) is 29.2 Å². The smallest absolute Gasteiger partial charge is 0.343 e. The monoisotopic (exact) mass is 734 g/mol. The van der Waals surface area contributed by atoms with E-state index < -0.39 is 35.2 Å². The zero-order chi connectivity index (χ0) is 37.8. The zero-order valence-electron chi connectivity index (χ0n) is 31.2. The normalized spacial score (nSPS) is 15.1. The van der Waals surface area contributed by atoms with Gasteiger partial charge >= 0.3 is 11.6 Å². The Labute approximate surface area is 311 Å². The summed E-state index contributed by atoms with van der Waals surface area (Å²) < 4.78 is 10.9. The lowest BCUT2D eigenvalue weighted by molar-refractivity contribution is -0.148. The number of nitriles is 1. The summed E-state index contributed by atoms with van der Waals surface area (Å²) in [6, 6.07) is 2.89. The van der Waals surface area contributed by atoms with Crippen LogP contribution in [0, 0.1) is 24.2 Å². The minimum Gasteiger partial charge on any atom is -0.469 e. The molecule has 0 saturated carbocycles. The second-order valence-electron chi connectivity index (χ2n) is 14.0. The molecule has 0 spiro atoms. The van der Waals surface area contributed by atoms with Gasteiger partial charge in [-0.1, -0.05) is 50.8 Å². The van der Waals surface area contributed by atoms with Gasteiger partial charge in [-0.15, -0.1) is 0 Å². The number of carbonyl (C=O) groups excluding carboxylic acids is 4. The molecule has 0 radical (unpaired) electrons. The van der Waals surface area contributed by atoms with Crippen molar-refractivity contribution in [2.45, 2.75) is 110 Å². The number of Topliss-reactive ketones (excluding diaryl/α,β-unsaturated/α-hetero) is 1. The average molecular weight is 735 g/mol. The first-order chi connectivity index (χ1) is 25.1. The maximum Gasteiger partial charge on any atom is 0.343 e. The van der Waals surface area contributed by atoms with Crippen LogP contribution in [0.5, 0.6) is 0 Å². The Morgan fingerprint density at radius 2 is 1.85 bits per heavy atom. The predicted molar refractivity (Wildman–Crippen MR) is 205 cm³/mol. The molecule has 0 aliphatic carbocycles. The lowest BCUT2D eigenvalue weighted by atomic mass is 9.88. The fraction of sp³-hybridized carbons (Fsp3) is 0.600. The molecule has 0 bridgehead atoms. The number of nitrogens with zero attached hydrogens (tertiary/aromatic N) is 3. The summed E-state index contributed by atoms with van der Waals surface area (Å²) in [4.78, 5) is 70.4. The van der Waals surface area contributed by atoms with E-state index >= 15 is 0 Å². The van der Waals surface area contributed by atoms with Crippen molar-refractivity contribution in [2.24, 2.45) is 11.7 Å². The van der Waals surface area contributed by atoms with Crippen molar-refractivity contribution in [1.29, 1.82) is 5.26 Å². The van der Waals surface area contributed by atoms with Crippen molar-refractivity contribution in [3.63, 3.8) is 0 Å². The first kappa shape index (κ1) is 40.8. The van der Waals surface area contributed by atoms with Gasteiger partial charge in [0.05, 0.1) is 24.6 Å². The van der Waals surface area contributed by atoms with Gasteiger partial charge in [0.25, 0.3) is 5.91 Å². The number of nitrogens with two attached hydrogens (primary N) is 1. The number of methoxy groups -OCH3 is 1. The lowest BCUT2D eigenvalue weighted by Crippen LogP contribution is -2.45. The molecule has 3 heterocycles. The number of ketones is 1. The Morgan fingerprint density at radius 3 is 2.54 bits per heavy atom. The number of amides is 1. The Kier molecular flexibility index (Phi) is 15.5. The van der Waals surface area contributed by atoms with Crippen LogP contribution in [0.3, 0.4) is 0 Å². The fourth-order valence-electron chi connectivity index (χ4n) is 7.38. The average Bonchev–Trinajstić information content (AvgIpc) is 3.14. The lowest BCUT2D eigenvalue weighted by Gasteiger charge is -2.37. The number of likely N-dealkylation sites (N-methyl/N-ethyl adjacent to an activating group) is 1. The van der Waals surface area contributed by atoms with Crippen LogP contribution >= 0.6 is 11.8 Å². The maximum absolute atomic E-state index is 14.0. The number of fused-ring (bicyclic) bond motifs is 2. The van der Waals surface area contributed by atoms with Crippen molar-refractivity contribution in [2.75, 3.05) is 44.4 Å². The van der Waals surface area contributed by atoms with E-state index in [2.05, 4.69) is 17.9 Å². The summed E-state index contributed by atoms with van der Waals surface area (Å²) in [5.41, 5.74) is 9.32. The van der Waals surface area contributed by atoms with Crippen molar-refractivity contribution in [3.8, 4) is 6.07 Å². The highest BCUT2D eigenvalue weighted by molar-refractivity contribution is 8.13. The van der Waals surface area contributed by atoms with E-state index in [0.29, 0.717) is 43.4 Å². The minimum absolute atomic E-state index is 0.0354. The molecule has 282 valence electrons. The molecule has 1 aromatic carbocycles. The summed E-state index contributed by atoms with van der Waals surface area (Å²) in [6.45, 7) is 6.32. The third-order valence-corrected chi connectivity index (χ3v) is 11.4. The summed E-state index contributed by atoms with van der Waals surface area (Å²) in [6.07, 6.45) is 11.7. The van der Waals surface area contributed by atoms with E-state index in [0.717, 1.165) is 98.5 Å². The molecule has 0 saturated heterocycles. The number of rotatable bonds is 19. The molecule has 2 aromatic rings. The SMILES string of the molecule is CCCCCCCC(=O)SC[C@@H](C(=O)C[C@@H](CCCCN)C(=O)OC)N(C)C(=O)/C(C#N)=C/c1c(C)c2cc3c4c(c2oc1=O)CCCN4CCC3. The van der Waals surface area contributed by atoms with Gasteiger partial charge in [-0.3, -0.25) is 19.2 Å². The standard InChI is InChI=1S/C40H54N4O7S/c1-5-6-7-8-9-17-35(46)52-25-33(34(45)23-28(39(48)50-4)14-10-11-18-41)43(3)38(47)29(24-42)22-32-26(2)31-21-27-15-12-19-44-20-13-16-30(36(27)44)37(31)51-40(32)49/h21-22,28,33H,5-20,23,25,41H2,1-4H3/b29-22+/t28-,33+/m1/s1. The number of ether oxygens (including phenoxy) is 1. The van der Waals surface area contributed by atoms with Gasteiger partial charge in [0.1, 0.15) is 17.2 Å². The van der Waals surface area contributed by atoms with Crippen molar-refractivity contribution >= 4 is 57.3 Å². The van der Waals surface area contributed by atoms with Crippen LogP contribution in [0.4, 0.5) is 5.69 Å². The molecule has 2 atom stereocenters. The number of benzene rings is 1. The second kappa shape index (κ2) is 19.8. The van der Waals surface area contributed by atoms with Crippen LogP contribution in [0.1, 0.15) is 106 Å². The number of esters is 1. The highest BCUT2D eigenvalue weighted by atomic mass is 32.2. The molecule has 1 amide bonds. The summed E-state index contributed by atoms with van der Waals surface area (Å²) in [7, 11) is 2.67. The third kappa shape index (κ3) is 9.92. The van der Waals surface area contributed by atoms with Crippen LogP contribution in [-0.4, -0.2) is 73.3 Å². The molecular formula is C40H54N4O7S. The minimum atomic E-state index is -1.11. The van der Waals surface area contributed by atoms with E-state index in [1.54, 1.807) is 6.92 Å². The maximum atomic E-state index is 14.0. The molecule has 2 aliphatic rings. The van der Waals surface area contributed by atoms with E-state index in [1.165, 1.54) is 31.5 Å².